The average molecular weight is 277 g/mol. The molecule has 2 aromatic carbocycles. The number of benzene rings is 2. The Kier molecular flexibility index (Phi) is 3.48. The molecule has 3 aromatic rings. The van der Waals surface area contributed by atoms with Gasteiger partial charge in [-0.1, -0.05) is 36.4 Å². The summed E-state index contributed by atoms with van der Waals surface area (Å²) >= 11 is 0. The molecule has 0 spiro atoms. The molecule has 0 aliphatic carbocycles. The van der Waals surface area contributed by atoms with Crippen molar-refractivity contribution in [2.45, 2.75) is 6.54 Å². The Morgan fingerprint density at radius 3 is 2.67 bits per heavy atom. The predicted molar refractivity (Wildman–Crippen MR) is 80.2 cm³/mol. The topological polar surface area (TPSA) is 48.7 Å². The van der Waals surface area contributed by atoms with E-state index in [9.17, 15) is 9.65 Å². The standard InChI is InChI=1S/C17H12FN3/c18-15-7-3-1-5-12(15)10-21-17-13(9-19)11-20-16-8-4-2-6-14(16)17/h1-8,11H,10H2,(H,20,21). The van der Waals surface area contributed by atoms with Crippen molar-refractivity contribution in [1.29, 1.82) is 5.26 Å². The van der Waals surface area contributed by atoms with Crippen LogP contribution in [-0.2, 0) is 6.54 Å². The number of hydrogen-bond donors (Lipinski definition) is 1. The molecule has 1 heterocycles. The van der Waals surface area contributed by atoms with E-state index >= 15 is 0 Å². The van der Waals surface area contributed by atoms with E-state index in [0.29, 0.717) is 23.4 Å². The second kappa shape index (κ2) is 5.59. The first kappa shape index (κ1) is 13.1. The van der Waals surface area contributed by atoms with Gasteiger partial charge in [-0.05, 0) is 12.1 Å². The highest BCUT2D eigenvalue weighted by molar-refractivity contribution is 5.93. The summed E-state index contributed by atoms with van der Waals surface area (Å²) in [5, 5.41) is 13.2. The summed E-state index contributed by atoms with van der Waals surface area (Å²) < 4.78 is 13.7. The first-order chi connectivity index (χ1) is 10.3. The first-order valence-corrected chi connectivity index (χ1v) is 6.54. The minimum Gasteiger partial charge on any atom is -0.379 e. The highest BCUT2D eigenvalue weighted by atomic mass is 19.1. The molecule has 0 saturated carbocycles. The van der Waals surface area contributed by atoms with Crippen LogP contribution in [0, 0.1) is 17.1 Å². The van der Waals surface area contributed by atoms with Gasteiger partial charge in [0.25, 0.3) is 0 Å². The number of rotatable bonds is 3. The Bertz CT molecular complexity index is 837. The van der Waals surface area contributed by atoms with Crippen molar-refractivity contribution in [3.8, 4) is 6.07 Å². The fraction of sp³-hybridized carbons (Fsp3) is 0.0588. The summed E-state index contributed by atoms with van der Waals surface area (Å²) in [5.74, 6) is -0.262. The molecule has 0 bridgehead atoms. The van der Waals surface area contributed by atoms with E-state index in [0.717, 1.165) is 10.9 Å². The summed E-state index contributed by atoms with van der Waals surface area (Å²) in [6.45, 7) is 0.315. The van der Waals surface area contributed by atoms with E-state index in [1.807, 2.05) is 24.3 Å². The molecular formula is C17H12FN3. The van der Waals surface area contributed by atoms with E-state index in [-0.39, 0.29) is 5.82 Å². The van der Waals surface area contributed by atoms with E-state index in [4.69, 9.17) is 0 Å². The quantitative estimate of drug-likeness (QED) is 0.791. The maximum absolute atomic E-state index is 13.7. The summed E-state index contributed by atoms with van der Waals surface area (Å²) in [5.41, 5.74) is 2.49. The zero-order chi connectivity index (χ0) is 14.7. The molecule has 0 unspecified atom stereocenters. The summed E-state index contributed by atoms with van der Waals surface area (Å²) in [6.07, 6.45) is 1.53. The van der Waals surface area contributed by atoms with Crippen LogP contribution in [0.3, 0.4) is 0 Å². The van der Waals surface area contributed by atoms with Crippen molar-refractivity contribution in [3.63, 3.8) is 0 Å². The minimum atomic E-state index is -0.262. The molecule has 3 nitrogen and oxygen atoms in total. The van der Waals surface area contributed by atoms with Gasteiger partial charge in [0.1, 0.15) is 11.9 Å². The number of aromatic nitrogens is 1. The molecular weight excluding hydrogens is 265 g/mol. The zero-order valence-corrected chi connectivity index (χ0v) is 11.2. The fourth-order valence-electron chi connectivity index (χ4n) is 2.24. The lowest BCUT2D eigenvalue weighted by atomic mass is 10.1. The molecule has 0 amide bonds. The van der Waals surface area contributed by atoms with Gasteiger partial charge >= 0.3 is 0 Å². The number of hydrogen-bond acceptors (Lipinski definition) is 3. The van der Waals surface area contributed by atoms with Gasteiger partial charge in [0.2, 0.25) is 0 Å². The lowest BCUT2D eigenvalue weighted by Gasteiger charge is -2.11. The van der Waals surface area contributed by atoms with Gasteiger partial charge in [-0.25, -0.2) is 4.39 Å². The number of para-hydroxylation sites is 1. The van der Waals surface area contributed by atoms with E-state index in [1.165, 1.54) is 12.3 Å². The lowest BCUT2D eigenvalue weighted by Crippen LogP contribution is -2.04. The lowest BCUT2D eigenvalue weighted by molar-refractivity contribution is 0.613. The molecule has 3 rings (SSSR count). The maximum Gasteiger partial charge on any atom is 0.128 e. The van der Waals surface area contributed by atoms with E-state index < -0.39 is 0 Å². The number of nitrogens with one attached hydrogen (secondary N) is 1. The van der Waals surface area contributed by atoms with E-state index in [2.05, 4.69) is 16.4 Å². The molecule has 0 aliphatic rings. The van der Waals surface area contributed by atoms with Gasteiger partial charge in [0.05, 0.1) is 16.8 Å². The summed E-state index contributed by atoms with van der Waals surface area (Å²) in [7, 11) is 0. The highest BCUT2D eigenvalue weighted by Gasteiger charge is 2.09. The minimum absolute atomic E-state index is 0.262. The average Bonchev–Trinajstić information content (AvgIpc) is 2.53. The van der Waals surface area contributed by atoms with Gasteiger partial charge in [-0.15, -0.1) is 0 Å². The largest absolute Gasteiger partial charge is 0.379 e. The van der Waals surface area contributed by atoms with Crippen molar-refractivity contribution >= 4 is 16.6 Å². The number of pyridine rings is 1. The van der Waals surface area contributed by atoms with Crippen LogP contribution >= 0.6 is 0 Å². The second-order valence-corrected chi connectivity index (χ2v) is 4.62. The third kappa shape index (κ3) is 2.54. The number of nitriles is 1. The monoisotopic (exact) mass is 277 g/mol. The van der Waals surface area contributed by atoms with Crippen molar-refractivity contribution in [2.24, 2.45) is 0 Å². The Balaban J connectivity index is 2.00. The van der Waals surface area contributed by atoms with E-state index in [1.54, 1.807) is 18.2 Å². The van der Waals surface area contributed by atoms with Gasteiger partial charge in [0.15, 0.2) is 0 Å². The van der Waals surface area contributed by atoms with Crippen molar-refractivity contribution in [3.05, 3.63) is 71.7 Å². The van der Waals surface area contributed by atoms with Gasteiger partial charge < -0.3 is 5.32 Å². The van der Waals surface area contributed by atoms with Crippen LogP contribution in [-0.4, -0.2) is 4.98 Å². The zero-order valence-electron chi connectivity index (χ0n) is 11.2. The predicted octanol–water partition coefficient (Wildman–Crippen LogP) is 3.86. The fourth-order valence-corrected chi connectivity index (χ4v) is 2.24. The molecule has 4 heteroatoms. The molecule has 1 aromatic heterocycles. The van der Waals surface area contributed by atoms with Crippen molar-refractivity contribution < 1.29 is 4.39 Å². The number of halogens is 1. The second-order valence-electron chi connectivity index (χ2n) is 4.62. The van der Waals surface area contributed by atoms with Crippen LogP contribution in [0.25, 0.3) is 10.9 Å². The van der Waals surface area contributed by atoms with Crippen LogP contribution < -0.4 is 5.32 Å². The van der Waals surface area contributed by atoms with Crippen LogP contribution in [0.2, 0.25) is 0 Å². The van der Waals surface area contributed by atoms with Crippen LogP contribution in [0.5, 0.6) is 0 Å². The smallest absolute Gasteiger partial charge is 0.128 e. The van der Waals surface area contributed by atoms with Gasteiger partial charge in [-0.2, -0.15) is 5.26 Å². The molecule has 0 saturated heterocycles. The van der Waals surface area contributed by atoms with Gasteiger partial charge in [0, 0.05) is 23.7 Å². The Morgan fingerprint density at radius 1 is 1.10 bits per heavy atom. The molecule has 0 fully saturated rings. The number of nitrogens with zero attached hydrogens (tertiary/aromatic N) is 2. The number of fused-ring (bicyclic) bond motifs is 1. The van der Waals surface area contributed by atoms with Crippen LogP contribution in [0.1, 0.15) is 11.1 Å². The normalized spacial score (nSPS) is 10.3. The maximum atomic E-state index is 13.7. The molecule has 0 atom stereocenters. The van der Waals surface area contributed by atoms with Crippen LogP contribution in [0.15, 0.2) is 54.7 Å². The van der Waals surface area contributed by atoms with Crippen LogP contribution in [0.4, 0.5) is 10.1 Å². The highest BCUT2D eigenvalue weighted by Crippen LogP contribution is 2.26. The molecule has 21 heavy (non-hydrogen) atoms. The van der Waals surface area contributed by atoms with Gasteiger partial charge in [-0.3, -0.25) is 4.98 Å². The first-order valence-electron chi connectivity index (χ1n) is 6.54. The third-order valence-electron chi connectivity index (χ3n) is 3.31. The summed E-state index contributed by atoms with van der Waals surface area (Å²) in [6, 6.07) is 16.3. The molecule has 1 N–H and O–H groups in total. The molecule has 0 aliphatic heterocycles. The Hall–Kier alpha value is -2.93. The Labute approximate surface area is 121 Å². The van der Waals surface area contributed by atoms with Crippen molar-refractivity contribution in [1.82, 2.24) is 4.98 Å². The Morgan fingerprint density at radius 2 is 1.86 bits per heavy atom. The SMILES string of the molecule is N#Cc1cnc2ccccc2c1NCc1ccccc1F. The third-order valence-corrected chi connectivity index (χ3v) is 3.31. The molecule has 0 radical (unpaired) electrons. The summed E-state index contributed by atoms with van der Waals surface area (Å²) in [4.78, 5) is 4.25. The number of anilines is 1. The van der Waals surface area contributed by atoms with Crippen molar-refractivity contribution in [2.75, 3.05) is 5.32 Å². The molecule has 102 valence electrons.